The number of piperidine rings is 1. The van der Waals surface area contributed by atoms with Crippen LogP contribution in [-0.4, -0.2) is 27.0 Å². The molecular weight excluding hydrogens is 374 g/mol. The molecule has 3 aliphatic rings. The third-order valence-electron chi connectivity index (χ3n) is 6.05. The Morgan fingerprint density at radius 1 is 1.07 bits per heavy atom. The monoisotopic (exact) mass is 403 g/mol. The second kappa shape index (κ2) is 8.25. The molecule has 1 saturated heterocycles. The summed E-state index contributed by atoms with van der Waals surface area (Å²) >= 11 is 0. The molecule has 152 valence electrons. The Labute approximate surface area is 167 Å². The summed E-state index contributed by atoms with van der Waals surface area (Å²) in [4.78, 5) is 12.4. The van der Waals surface area contributed by atoms with Crippen LogP contribution < -0.4 is 15.4 Å². The number of fused-ring (bicyclic) bond motifs is 2. The van der Waals surface area contributed by atoms with Crippen molar-refractivity contribution in [3.8, 4) is 0 Å². The van der Waals surface area contributed by atoms with E-state index in [2.05, 4.69) is 21.4 Å². The van der Waals surface area contributed by atoms with Crippen LogP contribution in [0.15, 0.2) is 17.6 Å². The zero-order valence-corrected chi connectivity index (χ0v) is 17.0. The molecule has 1 heterocycles. The largest absolute Gasteiger partial charge is 0.333 e. The van der Waals surface area contributed by atoms with Crippen LogP contribution in [0.2, 0.25) is 0 Å². The van der Waals surface area contributed by atoms with Gasteiger partial charge in [0.05, 0.1) is 0 Å². The number of benzene rings is 1. The highest BCUT2D eigenvalue weighted by Crippen LogP contribution is 2.38. The molecular formula is C21H29N3O3S. The summed E-state index contributed by atoms with van der Waals surface area (Å²) < 4.78 is 26.7. The number of sulfonamides is 1. The first-order chi connectivity index (χ1) is 13.5. The maximum absolute atomic E-state index is 12.4. The van der Waals surface area contributed by atoms with E-state index in [9.17, 15) is 13.2 Å². The molecule has 2 aliphatic carbocycles. The molecule has 1 aliphatic heterocycles. The van der Waals surface area contributed by atoms with E-state index < -0.39 is 16.1 Å². The summed E-state index contributed by atoms with van der Waals surface area (Å²) in [5.41, 5.74) is 5.84. The molecule has 0 radical (unpaired) electrons. The van der Waals surface area contributed by atoms with Crippen molar-refractivity contribution in [2.45, 2.75) is 70.3 Å². The zero-order valence-electron chi connectivity index (χ0n) is 16.2. The van der Waals surface area contributed by atoms with Crippen LogP contribution in [0.3, 0.4) is 0 Å². The van der Waals surface area contributed by atoms with E-state index in [4.69, 9.17) is 0 Å². The second-order valence-corrected chi connectivity index (χ2v) is 9.66. The molecule has 0 bridgehead atoms. The molecule has 4 rings (SSSR count). The molecule has 0 aromatic heterocycles. The molecule has 1 aromatic rings. The number of amides is 2. The Morgan fingerprint density at radius 2 is 1.79 bits per heavy atom. The van der Waals surface area contributed by atoms with Crippen molar-refractivity contribution in [3.63, 3.8) is 0 Å². The Kier molecular flexibility index (Phi) is 5.73. The fourth-order valence-electron chi connectivity index (χ4n) is 4.74. The van der Waals surface area contributed by atoms with Gasteiger partial charge in [-0.15, -0.1) is 0 Å². The van der Waals surface area contributed by atoms with Crippen LogP contribution in [-0.2, 0) is 35.7 Å². The average molecular weight is 404 g/mol. The van der Waals surface area contributed by atoms with Gasteiger partial charge in [-0.3, -0.25) is 0 Å². The van der Waals surface area contributed by atoms with E-state index in [1.165, 1.54) is 35.1 Å². The summed E-state index contributed by atoms with van der Waals surface area (Å²) in [6.07, 6.45) is 11.8. The summed E-state index contributed by atoms with van der Waals surface area (Å²) in [7, 11) is -3.80. The maximum Gasteiger partial charge on any atom is 0.333 e. The van der Waals surface area contributed by atoms with Gasteiger partial charge in [0.15, 0.2) is 0 Å². The average Bonchev–Trinajstić information content (AvgIpc) is 3.31. The molecule has 1 unspecified atom stereocenters. The first-order valence-electron chi connectivity index (χ1n) is 10.4. The van der Waals surface area contributed by atoms with Crippen LogP contribution in [0, 0.1) is 0 Å². The van der Waals surface area contributed by atoms with Crippen molar-refractivity contribution in [1.29, 1.82) is 0 Å². The predicted octanol–water partition coefficient (Wildman–Crippen LogP) is 3.16. The van der Waals surface area contributed by atoms with E-state index in [1.807, 2.05) is 0 Å². The van der Waals surface area contributed by atoms with Crippen LogP contribution in [0.1, 0.15) is 60.8 Å². The van der Waals surface area contributed by atoms with Gasteiger partial charge in [-0.05, 0) is 86.6 Å². The van der Waals surface area contributed by atoms with Gasteiger partial charge in [-0.25, -0.2) is 17.9 Å². The number of carbonyl (C=O) groups excluding carboxylic acids is 1. The molecule has 0 spiro atoms. The fourth-order valence-corrected chi connectivity index (χ4v) is 5.48. The molecule has 1 fully saturated rings. The minimum atomic E-state index is -3.80. The van der Waals surface area contributed by atoms with E-state index in [0.717, 1.165) is 62.6 Å². The lowest BCUT2D eigenvalue weighted by molar-refractivity contribution is 0.256. The highest BCUT2D eigenvalue weighted by molar-refractivity contribution is 7.92. The van der Waals surface area contributed by atoms with Crippen molar-refractivity contribution in [3.05, 3.63) is 39.8 Å². The van der Waals surface area contributed by atoms with Crippen molar-refractivity contribution in [2.24, 2.45) is 0 Å². The summed E-state index contributed by atoms with van der Waals surface area (Å²) in [5, 5.41) is 7.36. The quantitative estimate of drug-likeness (QED) is 0.705. The predicted molar refractivity (Wildman–Crippen MR) is 111 cm³/mol. The number of hydrogen-bond donors (Lipinski definition) is 3. The summed E-state index contributed by atoms with van der Waals surface area (Å²) in [5.74, 6) is 0. The summed E-state index contributed by atoms with van der Waals surface area (Å²) in [6, 6.07) is 1.94. The molecule has 0 saturated carbocycles. The number of aryl methyl sites for hydroxylation is 2. The van der Waals surface area contributed by atoms with Gasteiger partial charge in [0.2, 0.25) is 0 Å². The van der Waals surface area contributed by atoms with Gasteiger partial charge in [0, 0.05) is 17.1 Å². The normalized spacial score (nSPS) is 21.5. The number of anilines is 1. The van der Waals surface area contributed by atoms with Crippen molar-refractivity contribution in [1.82, 2.24) is 10.0 Å². The third-order valence-corrected chi connectivity index (χ3v) is 7.08. The number of hydrogen-bond acceptors (Lipinski definition) is 4. The number of urea groups is 1. The molecule has 6 nitrogen and oxygen atoms in total. The van der Waals surface area contributed by atoms with Crippen LogP contribution in [0.25, 0.3) is 0 Å². The fraction of sp³-hybridized carbons (Fsp3) is 0.571. The van der Waals surface area contributed by atoms with Gasteiger partial charge in [-0.2, -0.15) is 0 Å². The van der Waals surface area contributed by atoms with E-state index >= 15 is 0 Å². The standard InChI is InChI=1S/C21H29N3O3S/c25-21(24-28(26,27)13-5-9-17-8-1-2-12-22-17)23-20-18-10-3-6-15(18)14-16-7-4-11-19(16)20/h5,13-14,17,22H,1-4,6-12H2,(H2,23,24,25)/b13-5+. The molecule has 28 heavy (non-hydrogen) atoms. The zero-order chi connectivity index (χ0) is 19.6. The minimum Gasteiger partial charge on any atom is -0.314 e. The lowest BCUT2D eigenvalue weighted by atomic mass is 9.99. The van der Waals surface area contributed by atoms with E-state index in [0.29, 0.717) is 12.5 Å². The first-order valence-corrected chi connectivity index (χ1v) is 12.0. The second-order valence-electron chi connectivity index (χ2n) is 8.09. The van der Waals surface area contributed by atoms with E-state index in [1.54, 1.807) is 6.08 Å². The van der Waals surface area contributed by atoms with E-state index in [-0.39, 0.29) is 0 Å². The van der Waals surface area contributed by atoms with Crippen molar-refractivity contribution >= 4 is 21.7 Å². The molecule has 1 aromatic carbocycles. The van der Waals surface area contributed by atoms with Crippen LogP contribution in [0.4, 0.5) is 10.5 Å². The van der Waals surface area contributed by atoms with Crippen molar-refractivity contribution in [2.75, 3.05) is 11.9 Å². The Morgan fingerprint density at radius 3 is 2.43 bits per heavy atom. The Hall–Kier alpha value is -1.86. The van der Waals surface area contributed by atoms with Gasteiger partial charge in [0.25, 0.3) is 10.0 Å². The number of carbonyl (C=O) groups is 1. The Bertz CT molecular complexity index is 854. The lowest BCUT2D eigenvalue weighted by Crippen LogP contribution is -2.34. The highest BCUT2D eigenvalue weighted by atomic mass is 32.2. The topological polar surface area (TPSA) is 87.3 Å². The Balaban J connectivity index is 1.40. The lowest BCUT2D eigenvalue weighted by Gasteiger charge is -2.21. The number of rotatable bonds is 5. The molecule has 3 N–H and O–H groups in total. The van der Waals surface area contributed by atoms with Crippen LogP contribution >= 0.6 is 0 Å². The molecule has 7 heteroatoms. The highest BCUT2D eigenvalue weighted by Gasteiger charge is 2.25. The molecule has 1 atom stereocenters. The smallest absolute Gasteiger partial charge is 0.314 e. The van der Waals surface area contributed by atoms with Gasteiger partial charge >= 0.3 is 6.03 Å². The maximum atomic E-state index is 12.4. The van der Waals surface area contributed by atoms with Gasteiger partial charge in [-0.1, -0.05) is 18.6 Å². The van der Waals surface area contributed by atoms with Gasteiger partial charge < -0.3 is 10.6 Å². The van der Waals surface area contributed by atoms with Gasteiger partial charge in [0.1, 0.15) is 0 Å². The van der Waals surface area contributed by atoms with Crippen LogP contribution in [0.5, 0.6) is 0 Å². The number of nitrogens with one attached hydrogen (secondary N) is 3. The van der Waals surface area contributed by atoms with Crippen molar-refractivity contribution < 1.29 is 13.2 Å². The first kappa shape index (κ1) is 19.5. The minimum absolute atomic E-state index is 0.323. The third kappa shape index (κ3) is 4.41. The summed E-state index contributed by atoms with van der Waals surface area (Å²) in [6.45, 7) is 0.984. The molecule has 2 amide bonds. The SMILES string of the molecule is O=C(Nc1c2c(cc3c1CCC3)CCC2)NS(=O)(=O)/C=C/CC1CCCCN1.